The van der Waals surface area contributed by atoms with Gasteiger partial charge in [-0.05, 0) is 56.5 Å². The first-order valence-corrected chi connectivity index (χ1v) is 12.5. The molecule has 0 saturated heterocycles. The minimum Gasteiger partial charge on any atom is -0.485 e. The van der Waals surface area contributed by atoms with Gasteiger partial charge in [0.2, 0.25) is 0 Å². The average molecular weight is 522 g/mol. The molecule has 8 nitrogen and oxygen atoms in total. The van der Waals surface area contributed by atoms with Gasteiger partial charge < -0.3 is 29.4 Å². The van der Waals surface area contributed by atoms with Gasteiger partial charge in [0, 0.05) is 0 Å². The largest absolute Gasteiger partial charge is 0.485 e. The van der Waals surface area contributed by atoms with Crippen LogP contribution in [0.15, 0.2) is 78.9 Å². The second kappa shape index (κ2) is 13.5. The molecule has 3 rings (SSSR count). The Morgan fingerprint density at radius 1 is 0.842 bits per heavy atom. The molecule has 2 N–H and O–H groups in total. The zero-order valence-electron chi connectivity index (χ0n) is 22.2. The number of aliphatic hydroxyl groups excluding tert-OH is 1. The summed E-state index contributed by atoms with van der Waals surface area (Å²) in [4.78, 5) is 25.1. The Bertz CT molecular complexity index is 1180. The zero-order chi connectivity index (χ0) is 27.5. The molecular formula is C30H35NO7. The maximum atomic E-state index is 12.7. The Balaban J connectivity index is 1.86. The van der Waals surface area contributed by atoms with Crippen molar-refractivity contribution in [1.29, 1.82) is 0 Å². The predicted octanol–water partition coefficient (Wildman–Crippen LogP) is 5.33. The molecule has 3 aromatic rings. The second-order valence-electron chi connectivity index (χ2n) is 9.58. The third-order valence-corrected chi connectivity index (χ3v) is 5.31. The highest BCUT2D eigenvalue weighted by Crippen LogP contribution is 2.33. The summed E-state index contributed by atoms with van der Waals surface area (Å²) in [6.07, 6.45) is -2.29. The first-order chi connectivity index (χ1) is 18.2. The predicted molar refractivity (Wildman–Crippen MR) is 143 cm³/mol. The van der Waals surface area contributed by atoms with Crippen molar-refractivity contribution in [2.24, 2.45) is 0 Å². The highest BCUT2D eigenvalue weighted by molar-refractivity contribution is 5.82. The first kappa shape index (κ1) is 28.5. The minimum atomic E-state index is -1.44. The number of aliphatic hydroxyl groups is 1. The fourth-order valence-electron chi connectivity index (χ4n) is 3.54. The Morgan fingerprint density at radius 2 is 1.39 bits per heavy atom. The van der Waals surface area contributed by atoms with Gasteiger partial charge in [0.25, 0.3) is 0 Å². The normalized spacial score (nSPS) is 12.7. The van der Waals surface area contributed by atoms with Crippen LogP contribution < -0.4 is 14.8 Å². The molecule has 0 spiro atoms. The maximum Gasteiger partial charge on any atom is 0.408 e. The molecule has 0 radical (unpaired) electrons. The van der Waals surface area contributed by atoms with E-state index in [1.165, 1.54) is 0 Å². The van der Waals surface area contributed by atoms with Gasteiger partial charge >= 0.3 is 12.1 Å². The SMILES string of the molecule is CCOC(=O)[C@@H](NC(=O)OC(C)(C)C)[C@H](O)c1ccc(OCc2ccccc2)c(OCc2ccccc2)c1. The van der Waals surface area contributed by atoms with Crippen LogP contribution in [0.4, 0.5) is 4.79 Å². The van der Waals surface area contributed by atoms with Gasteiger partial charge in [-0.15, -0.1) is 0 Å². The lowest BCUT2D eigenvalue weighted by molar-refractivity contribution is -0.148. The van der Waals surface area contributed by atoms with Crippen LogP contribution in [0.2, 0.25) is 0 Å². The maximum absolute atomic E-state index is 12.7. The van der Waals surface area contributed by atoms with Gasteiger partial charge in [-0.1, -0.05) is 66.7 Å². The highest BCUT2D eigenvalue weighted by atomic mass is 16.6. The lowest BCUT2D eigenvalue weighted by atomic mass is 10.0. The summed E-state index contributed by atoms with van der Waals surface area (Å²) in [6, 6.07) is 22.8. The number of carbonyl (C=O) groups is 2. The highest BCUT2D eigenvalue weighted by Gasteiger charge is 2.33. The fraction of sp³-hybridized carbons (Fsp3) is 0.333. The summed E-state index contributed by atoms with van der Waals surface area (Å²) in [7, 11) is 0. The van der Waals surface area contributed by atoms with E-state index in [1.54, 1.807) is 45.9 Å². The summed E-state index contributed by atoms with van der Waals surface area (Å²) in [5, 5.41) is 13.6. The van der Waals surface area contributed by atoms with E-state index in [0.717, 1.165) is 11.1 Å². The first-order valence-electron chi connectivity index (χ1n) is 12.5. The second-order valence-corrected chi connectivity index (χ2v) is 9.58. The molecule has 3 aromatic carbocycles. The number of carbonyl (C=O) groups excluding carboxylic acids is 2. The van der Waals surface area contributed by atoms with Crippen LogP contribution in [0.5, 0.6) is 11.5 Å². The van der Waals surface area contributed by atoms with E-state index in [1.807, 2.05) is 60.7 Å². The average Bonchev–Trinajstić information content (AvgIpc) is 2.89. The third kappa shape index (κ3) is 8.81. The standard InChI is InChI=1S/C30H35NO7/c1-5-35-28(33)26(31-29(34)38-30(2,3)4)27(32)23-16-17-24(36-19-21-12-8-6-9-13-21)25(18-23)37-20-22-14-10-7-11-15-22/h6-18,26-27,32H,5,19-20H2,1-4H3,(H,31,34)/t26-,27+/m0/s1. The Morgan fingerprint density at radius 3 is 1.92 bits per heavy atom. The Hall–Kier alpha value is -4.04. The summed E-state index contributed by atoms with van der Waals surface area (Å²) in [5.74, 6) is 0.0525. The number of esters is 1. The van der Waals surface area contributed by atoms with Crippen molar-refractivity contribution in [2.75, 3.05) is 6.61 Å². The van der Waals surface area contributed by atoms with E-state index < -0.39 is 29.8 Å². The summed E-state index contributed by atoms with van der Waals surface area (Å²) >= 11 is 0. The molecule has 38 heavy (non-hydrogen) atoms. The van der Waals surface area contributed by atoms with Gasteiger partial charge in [-0.3, -0.25) is 0 Å². The zero-order valence-corrected chi connectivity index (χ0v) is 22.2. The van der Waals surface area contributed by atoms with E-state index >= 15 is 0 Å². The van der Waals surface area contributed by atoms with Crippen molar-refractivity contribution in [3.63, 3.8) is 0 Å². The van der Waals surface area contributed by atoms with Gasteiger partial charge in [0.15, 0.2) is 17.5 Å². The third-order valence-electron chi connectivity index (χ3n) is 5.31. The molecule has 0 unspecified atom stereocenters. The summed E-state index contributed by atoms with van der Waals surface area (Å²) in [5.41, 5.74) is 1.47. The van der Waals surface area contributed by atoms with E-state index in [-0.39, 0.29) is 13.2 Å². The van der Waals surface area contributed by atoms with Crippen LogP contribution in [0.3, 0.4) is 0 Å². The molecule has 8 heteroatoms. The number of ether oxygens (including phenoxy) is 4. The molecule has 0 aliphatic carbocycles. The quantitative estimate of drug-likeness (QED) is 0.329. The summed E-state index contributed by atoms with van der Waals surface area (Å²) < 4.78 is 22.5. The Kier molecular flexibility index (Phi) is 10.1. The van der Waals surface area contributed by atoms with Crippen molar-refractivity contribution in [1.82, 2.24) is 5.32 Å². The number of nitrogens with one attached hydrogen (secondary N) is 1. The van der Waals surface area contributed by atoms with Gasteiger partial charge in [-0.25, -0.2) is 9.59 Å². The molecule has 0 heterocycles. The molecule has 202 valence electrons. The molecule has 0 aliphatic heterocycles. The van der Waals surface area contributed by atoms with E-state index in [4.69, 9.17) is 18.9 Å². The van der Waals surface area contributed by atoms with Gasteiger partial charge in [-0.2, -0.15) is 0 Å². The van der Waals surface area contributed by atoms with Crippen molar-refractivity contribution >= 4 is 12.1 Å². The van der Waals surface area contributed by atoms with E-state index in [2.05, 4.69) is 5.32 Å². The number of benzene rings is 3. The smallest absolute Gasteiger partial charge is 0.408 e. The molecule has 2 atom stereocenters. The van der Waals surface area contributed by atoms with Crippen LogP contribution in [0, 0.1) is 0 Å². The molecule has 0 aromatic heterocycles. The van der Waals surface area contributed by atoms with E-state index in [0.29, 0.717) is 23.7 Å². The summed E-state index contributed by atoms with van der Waals surface area (Å²) in [6.45, 7) is 7.40. The number of hydrogen-bond acceptors (Lipinski definition) is 7. The Labute approximate surface area is 223 Å². The van der Waals surface area contributed by atoms with Crippen molar-refractivity contribution in [2.45, 2.75) is 58.7 Å². The van der Waals surface area contributed by atoms with Crippen LogP contribution in [-0.4, -0.2) is 35.4 Å². The molecular weight excluding hydrogens is 486 g/mol. The van der Waals surface area contributed by atoms with Crippen LogP contribution in [0.25, 0.3) is 0 Å². The molecule has 0 fully saturated rings. The number of rotatable bonds is 11. The van der Waals surface area contributed by atoms with Crippen molar-refractivity contribution in [3.8, 4) is 11.5 Å². The van der Waals surface area contributed by atoms with Gasteiger partial charge in [0.05, 0.1) is 6.61 Å². The van der Waals surface area contributed by atoms with E-state index in [9.17, 15) is 14.7 Å². The lowest BCUT2D eigenvalue weighted by Gasteiger charge is -2.26. The topological polar surface area (TPSA) is 103 Å². The number of hydrogen-bond donors (Lipinski definition) is 2. The number of amides is 1. The molecule has 1 amide bonds. The fourth-order valence-corrected chi connectivity index (χ4v) is 3.54. The molecule has 0 bridgehead atoms. The molecule has 0 saturated carbocycles. The number of alkyl carbamates (subject to hydrolysis) is 1. The lowest BCUT2D eigenvalue weighted by Crippen LogP contribution is -2.47. The van der Waals surface area contributed by atoms with Crippen molar-refractivity contribution < 1.29 is 33.6 Å². The molecule has 0 aliphatic rings. The van der Waals surface area contributed by atoms with Crippen LogP contribution >= 0.6 is 0 Å². The van der Waals surface area contributed by atoms with Gasteiger partial charge in [0.1, 0.15) is 24.9 Å². The van der Waals surface area contributed by atoms with Crippen LogP contribution in [-0.2, 0) is 27.5 Å². The minimum absolute atomic E-state index is 0.0791. The van der Waals surface area contributed by atoms with Crippen molar-refractivity contribution in [3.05, 3.63) is 95.6 Å². The monoisotopic (exact) mass is 521 g/mol. The van der Waals surface area contributed by atoms with Crippen LogP contribution in [0.1, 0.15) is 50.5 Å².